The lowest BCUT2D eigenvalue weighted by Gasteiger charge is -2.28. The number of nitrogens with one attached hydrogen (secondary N) is 2. The van der Waals surface area contributed by atoms with Gasteiger partial charge in [0.05, 0.1) is 5.56 Å². The van der Waals surface area contributed by atoms with Crippen LogP contribution in [0.5, 0.6) is 0 Å². The molecule has 0 saturated heterocycles. The van der Waals surface area contributed by atoms with Crippen molar-refractivity contribution in [2.24, 2.45) is 0 Å². The van der Waals surface area contributed by atoms with Gasteiger partial charge in [0.15, 0.2) is 0 Å². The molecule has 3 aromatic carbocycles. The van der Waals surface area contributed by atoms with E-state index in [0.717, 1.165) is 28.6 Å². The van der Waals surface area contributed by atoms with Gasteiger partial charge in [-0.3, -0.25) is 4.79 Å². The molecule has 41 heavy (non-hydrogen) atoms. The average molecular weight is 567 g/mol. The Kier molecular flexibility index (Phi) is 10.0. The summed E-state index contributed by atoms with van der Waals surface area (Å²) in [4.78, 5) is 33.1. The highest BCUT2D eigenvalue weighted by Gasteiger charge is 2.30. The van der Waals surface area contributed by atoms with Crippen molar-refractivity contribution >= 4 is 28.5 Å². The average Bonchev–Trinajstić information content (AvgIpc) is 3.38. The highest BCUT2D eigenvalue weighted by Crippen LogP contribution is 2.29. The summed E-state index contributed by atoms with van der Waals surface area (Å²) in [5.74, 6) is -0.314. The number of hydrogen-bond donors (Lipinski definition) is 2. The number of carbonyl (C=O) groups is 2. The quantitative estimate of drug-likeness (QED) is 0.197. The predicted molar refractivity (Wildman–Crippen MR) is 152 cm³/mol. The van der Waals surface area contributed by atoms with Crippen molar-refractivity contribution in [3.63, 3.8) is 0 Å². The lowest BCUT2D eigenvalue weighted by atomic mass is 10.1. The Balaban J connectivity index is 1.53. The van der Waals surface area contributed by atoms with Crippen molar-refractivity contribution in [2.45, 2.75) is 25.6 Å². The van der Waals surface area contributed by atoms with E-state index in [4.69, 9.17) is 4.74 Å². The number of anilines is 1. The normalized spacial score (nSPS) is 11.4. The van der Waals surface area contributed by atoms with Crippen LogP contribution in [0.1, 0.15) is 23.1 Å². The number of nitrogens with zero attached hydrogens (tertiary/aromatic N) is 2. The first kappa shape index (κ1) is 29.7. The molecule has 0 spiro atoms. The number of urea groups is 1. The Morgan fingerprint density at radius 2 is 1.61 bits per heavy atom. The molecule has 1 aromatic heterocycles. The van der Waals surface area contributed by atoms with Gasteiger partial charge in [-0.1, -0.05) is 48.5 Å². The summed E-state index contributed by atoms with van der Waals surface area (Å²) in [7, 11) is 1.57. The fourth-order valence-electron chi connectivity index (χ4n) is 4.54. The van der Waals surface area contributed by atoms with Crippen LogP contribution in [0.3, 0.4) is 0 Å². The maximum absolute atomic E-state index is 13.7. The molecule has 0 saturated carbocycles. The van der Waals surface area contributed by atoms with E-state index < -0.39 is 17.8 Å². The van der Waals surface area contributed by atoms with Crippen LogP contribution in [-0.2, 0) is 28.7 Å². The number of H-pyrrole nitrogens is 1. The van der Waals surface area contributed by atoms with E-state index in [1.807, 2.05) is 36.5 Å². The SMILES string of the molecule is COCCCN(CC(=O)N(CCc1c[nH]c2ccccc12)Cc1ccc(C(F)(F)F)cc1)C(=O)Nc1ccccc1. The van der Waals surface area contributed by atoms with E-state index in [-0.39, 0.29) is 25.5 Å². The molecular weight excluding hydrogens is 533 g/mol. The van der Waals surface area contributed by atoms with Crippen molar-refractivity contribution in [3.05, 3.63) is 102 Å². The highest BCUT2D eigenvalue weighted by atomic mass is 19.4. The van der Waals surface area contributed by atoms with E-state index in [0.29, 0.717) is 37.2 Å². The van der Waals surface area contributed by atoms with Gasteiger partial charge in [-0.25, -0.2) is 4.79 Å². The largest absolute Gasteiger partial charge is 0.416 e. The summed E-state index contributed by atoms with van der Waals surface area (Å²) < 4.78 is 44.4. The fourth-order valence-corrected chi connectivity index (χ4v) is 4.54. The van der Waals surface area contributed by atoms with Gasteiger partial charge in [0, 0.05) is 56.1 Å². The molecule has 216 valence electrons. The van der Waals surface area contributed by atoms with Crippen LogP contribution in [0.25, 0.3) is 10.9 Å². The van der Waals surface area contributed by atoms with Gasteiger partial charge in [0.25, 0.3) is 0 Å². The number of alkyl halides is 3. The van der Waals surface area contributed by atoms with E-state index >= 15 is 0 Å². The summed E-state index contributed by atoms with van der Waals surface area (Å²) in [5.41, 5.74) is 2.40. The Morgan fingerprint density at radius 3 is 2.32 bits per heavy atom. The second kappa shape index (κ2) is 13.8. The van der Waals surface area contributed by atoms with Crippen LogP contribution in [-0.4, -0.2) is 60.1 Å². The van der Waals surface area contributed by atoms with E-state index in [1.165, 1.54) is 17.0 Å². The molecule has 1 heterocycles. The van der Waals surface area contributed by atoms with E-state index in [2.05, 4.69) is 10.3 Å². The minimum atomic E-state index is -4.45. The number of ether oxygens (including phenoxy) is 1. The molecule has 4 rings (SSSR count). The number of halogens is 3. The zero-order valence-corrected chi connectivity index (χ0v) is 22.8. The van der Waals surface area contributed by atoms with Crippen molar-refractivity contribution in [2.75, 3.05) is 38.7 Å². The predicted octanol–water partition coefficient (Wildman–Crippen LogP) is 6.33. The summed E-state index contributed by atoms with van der Waals surface area (Å²) in [5, 5.41) is 3.86. The van der Waals surface area contributed by atoms with Crippen molar-refractivity contribution in [1.29, 1.82) is 0 Å². The Labute approximate surface area is 236 Å². The Morgan fingerprint density at radius 1 is 0.902 bits per heavy atom. The van der Waals surface area contributed by atoms with Crippen LogP contribution in [0, 0.1) is 0 Å². The topological polar surface area (TPSA) is 77.7 Å². The molecule has 0 radical (unpaired) electrons. The van der Waals surface area contributed by atoms with Crippen LogP contribution >= 0.6 is 0 Å². The smallest absolute Gasteiger partial charge is 0.385 e. The first-order valence-electron chi connectivity index (χ1n) is 13.3. The summed E-state index contributed by atoms with van der Waals surface area (Å²) in [6, 6.07) is 21.1. The van der Waals surface area contributed by atoms with E-state index in [1.54, 1.807) is 36.3 Å². The van der Waals surface area contributed by atoms with Gasteiger partial charge in [-0.05, 0) is 54.3 Å². The van der Waals surface area contributed by atoms with Gasteiger partial charge in [0.1, 0.15) is 6.54 Å². The number of amides is 3. The Bertz CT molecular complexity index is 1420. The monoisotopic (exact) mass is 566 g/mol. The summed E-state index contributed by atoms with van der Waals surface area (Å²) >= 11 is 0. The van der Waals surface area contributed by atoms with Crippen LogP contribution < -0.4 is 5.32 Å². The van der Waals surface area contributed by atoms with Gasteiger partial charge in [0.2, 0.25) is 5.91 Å². The summed E-state index contributed by atoms with van der Waals surface area (Å²) in [6.45, 7) is 0.921. The molecule has 0 unspecified atom stereocenters. The number of benzene rings is 3. The van der Waals surface area contributed by atoms with Gasteiger partial charge in [-0.2, -0.15) is 13.2 Å². The molecule has 0 aliphatic carbocycles. The second-order valence-electron chi connectivity index (χ2n) is 9.68. The number of aromatic amines is 1. The van der Waals surface area contributed by atoms with Gasteiger partial charge < -0.3 is 24.8 Å². The molecule has 0 fully saturated rings. The number of carbonyl (C=O) groups excluding carboxylic acids is 2. The van der Waals surface area contributed by atoms with E-state index in [9.17, 15) is 22.8 Å². The maximum atomic E-state index is 13.7. The molecule has 2 N–H and O–H groups in total. The molecule has 0 aliphatic heterocycles. The van der Waals surface area contributed by atoms with Gasteiger partial charge in [-0.15, -0.1) is 0 Å². The molecule has 4 aromatic rings. The molecule has 7 nitrogen and oxygen atoms in total. The zero-order chi connectivity index (χ0) is 29.2. The first-order chi connectivity index (χ1) is 19.7. The Hall–Kier alpha value is -4.31. The second-order valence-corrected chi connectivity index (χ2v) is 9.68. The fraction of sp³-hybridized carbons (Fsp3) is 0.290. The van der Waals surface area contributed by atoms with Crippen molar-refractivity contribution in [3.8, 4) is 0 Å². The third-order valence-electron chi connectivity index (χ3n) is 6.75. The van der Waals surface area contributed by atoms with Crippen LogP contribution in [0.4, 0.5) is 23.7 Å². The molecule has 0 aliphatic rings. The van der Waals surface area contributed by atoms with Crippen molar-refractivity contribution in [1.82, 2.24) is 14.8 Å². The number of fused-ring (bicyclic) bond motifs is 1. The summed E-state index contributed by atoms with van der Waals surface area (Å²) in [6.07, 6.45) is -1.50. The van der Waals surface area contributed by atoms with Crippen LogP contribution in [0.15, 0.2) is 85.1 Å². The number of para-hydroxylation sites is 2. The molecular formula is C31H33F3N4O3. The maximum Gasteiger partial charge on any atom is 0.416 e. The molecule has 10 heteroatoms. The number of aromatic nitrogens is 1. The molecule has 3 amide bonds. The highest BCUT2D eigenvalue weighted by molar-refractivity contribution is 5.92. The number of rotatable bonds is 12. The standard InChI is InChI=1S/C31H33F3N4O3/c1-41-19-7-17-38(30(40)36-26-8-3-2-4-9-26)22-29(39)37(21-23-12-14-25(15-13-23)31(32,33)34)18-16-24-20-35-28-11-6-5-10-27(24)28/h2-6,8-15,20,35H,7,16-19,21-22H2,1H3,(H,36,40). The zero-order valence-electron chi connectivity index (χ0n) is 22.8. The molecule has 0 bridgehead atoms. The van der Waals surface area contributed by atoms with Gasteiger partial charge >= 0.3 is 12.2 Å². The third-order valence-corrected chi connectivity index (χ3v) is 6.75. The number of hydrogen-bond acceptors (Lipinski definition) is 3. The third kappa shape index (κ3) is 8.34. The minimum Gasteiger partial charge on any atom is -0.385 e. The lowest BCUT2D eigenvalue weighted by Crippen LogP contribution is -2.45. The first-order valence-corrected chi connectivity index (χ1v) is 13.3. The minimum absolute atomic E-state index is 0.103. The van der Waals surface area contributed by atoms with Crippen LogP contribution in [0.2, 0.25) is 0 Å². The van der Waals surface area contributed by atoms with Crippen molar-refractivity contribution < 1.29 is 27.5 Å². The lowest BCUT2D eigenvalue weighted by molar-refractivity contribution is -0.137. The number of methoxy groups -OCH3 is 1. The molecule has 0 atom stereocenters.